The first-order valence-electron chi connectivity index (χ1n) is 2.97. The van der Waals surface area contributed by atoms with Gasteiger partial charge in [0.1, 0.15) is 0 Å². The first kappa shape index (κ1) is 7.92. The normalized spacial score (nSPS) is 18.0. The average Bonchev–Trinajstić information content (AvgIpc) is 1.67. The Hall–Kier alpha value is -0.0800. The van der Waals surface area contributed by atoms with Gasteiger partial charge in [-0.15, -0.1) is 0 Å². The van der Waals surface area contributed by atoms with Gasteiger partial charge in [0.25, 0.3) is 0 Å². The molecule has 8 heavy (non-hydrogen) atoms. The zero-order valence-corrected chi connectivity index (χ0v) is 5.46. The highest BCUT2D eigenvalue weighted by Gasteiger charge is 2.05. The molecule has 0 aliphatic heterocycles. The molecule has 0 aromatic heterocycles. The van der Waals surface area contributed by atoms with E-state index in [9.17, 15) is 0 Å². The number of aliphatic hydroxyl groups excluding tert-OH is 2. The molecule has 0 radical (unpaired) electrons. The standard InChI is InChI=1S/C6H14O2/c1-5(3-4-7)6(2)8/h5-8H,3-4H2,1-2H3/t5-,6-/m0/s1. The van der Waals surface area contributed by atoms with Crippen molar-refractivity contribution in [2.45, 2.75) is 26.4 Å². The maximum absolute atomic E-state index is 8.84. The van der Waals surface area contributed by atoms with E-state index in [1.165, 1.54) is 0 Å². The van der Waals surface area contributed by atoms with Crippen molar-refractivity contribution in [1.29, 1.82) is 0 Å². The minimum Gasteiger partial charge on any atom is -0.396 e. The SMILES string of the molecule is C[C@H](O)[C@@H](C)CCO. The van der Waals surface area contributed by atoms with Crippen LogP contribution in [0.15, 0.2) is 0 Å². The molecule has 0 saturated heterocycles. The van der Waals surface area contributed by atoms with Crippen molar-refractivity contribution >= 4 is 0 Å². The van der Waals surface area contributed by atoms with Crippen molar-refractivity contribution in [3.05, 3.63) is 0 Å². The first-order valence-corrected chi connectivity index (χ1v) is 2.97. The van der Waals surface area contributed by atoms with Crippen molar-refractivity contribution in [3.63, 3.8) is 0 Å². The van der Waals surface area contributed by atoms with Crippen molar-refractivity contribution in [1.82, 2.24) is 0 Å². The third kappa shape index (κ3) is 2.99. The summed E-state index contributed by atoms with van der Waals surface area (Å²) in [5, 5.41) is 17.2. The molecule has 0 aromatic carbocycles. The molecule has 2 atom stereocenters. The minimum atomic E-state index is -0.290. The maximum atomic E-state index is 8.84. The Kier molecular flexibility index (Phi) is 3.83. The lowest BCUT2D eigenvalue weighted by molar-refractivity contribution is 0.115. The lowest BCUT2D eigenvalue weighted by atomic mass is 10.0. The Labute approximate surface area is 50.2 Å². The highest BCUT2D eigenvalue weighted by molar-refractivity contribution is 4.56. The molecule has 0 aliphatic carbocycles. The molecule has 0 aromatic rings. The topological polar surface area (TPSA) is 40.5 Å². The first-order chi connectivity index (χ1) is 3.68. The van der Waals surface area contributed by atoms with Crippen LogP contribution in [0.4, 0.5) is 0 Å². The van der Waals surface area contributed by atoms with Crippen LogP contribution in [0.5, 0.6) is 0 Å². The van der Waals surface area contributed by atoms with Crippen molar-refractivity contribution in [3.8, 4) is 0 Å². The van der Waals surface area contributed by atoms with Gasteiger partial charge in [-0.3, -0.25) is 0 Å². The van der Waals surface area contributed by atoms with Crippen LogP contribution < -0.4 is 0 Å². The second-order valence-corrected chi connectivity index (χ2v) is 2.23. The number of hydrogen-bond donors (Lipinski definition) is 2. The predicted octanol–water partition coefficient (Wildman–Crippen LogP) is 0.386. The molecule has 0 unspecified atom stereocenters. The fraction of sp³-hybridized carbons (Fsp3) is 1.00. The zero-order valence-electron chi connectivity index (χ0n) is 5.46. The highest BCUT2D eigenvalue weighted by atomic mass is 16.3. The smallest absolute Gasteiger partial charge is 0.0538 e. The predicted molar refractivity (Wildman–Crippen MR) is 32.5 cm³/mol. The molecule has 50 valence electrons. The number of aliphatic hydroxyl groups is 2. The van der Waals surface area contributed by atoms with Crippen LogP contribution in [-0.4, -0.2) is 22.9 Å². The van der Waals surface area contributed by atoms with Crippen molar-refractivity contribution in [2.75, 3.05) is 6.61 Å². The summed E-state index contributed by atoms with van der Waals surface area (Å²) >= 11 is 0. The third-order valence-corrected chi connectivity index (χ3v) is 1.41. The van der Waals surface area contributed by atoms with Gasteiger partial charge in [-0.25, -0.2) is 0 Å². The van der Waals surface area contributed by atoms with E-state index in [0.717, 1.165) is 0 Å². The molecular formula is C6H14O2. The second kappa shape index (κ2) is 3.87. The van der Waals surface area contributed by atoms with Crippen LogP contribution in [-0.2, 0) is 0 Å². The van der Waals surface area contributed by atoms with E-state index in [-0.39, 0.29) is 18.6 Å². The van der Waals surface area contributed by atoms with Crippen LogP contribution in [0.2, 0.25) is 0 Å². The van der Waals surface area contributed by atoms with Gasteiger partial charge in [-0.2, -0.15) is 0 Å². The van der Waals surface area contributed by atoms with E-state index >= 15 is 0 Å². The minimum absolute atomic E-state index is 0.173. The van der Waals surface area contributed by atoms with Gasteiger partial charge >= 0.3 is 0 Å². The van der Waals surface area contributed by atoms with Crippen LogP contribution >= 0.6 is 0 Å². The largest absolute Gasteiger partial charge is 0.396 e. The summed E-state index contributed by atoms with van der Waals surface area (Å²) in [6, 6.07) is 0. The highest BCUT2D eigenvalue weighted by Crippen LogP contribution is 2.05. The number of hydrogen-bond acceptors (Lipinski definition) is 2. The molecule has 0 spiro atoms. The molecule has 2 nitrogen and oxygen atoms in total. The van der Waals surface area contributed by atoms with Gasteiger partial charge < -0.3 is 10.2 Å². The molecule has 0 amide bonds. The molecule has 2 heteroatoms. The third-order valence-electron chi connectivity index (χ3n) is 1.41. The van der Waals surface area contributed by atoms with Gasteiger partial charge in [0.2, 0.25) is 0 Å². The molecular weight excluding hydrogens is 104 g/mol. The van der Waals surface area contributed by atoms with Gasteiger partial charge in [0.15, 0.2) is 0 Å². The summed E-state index contributed by atoms with van der Waals surface area (Å²) < 4.78 is 0. The Bertz CT molecular complexity index is 52.5. The lowest BCUT2D eigenvalue weighted by Gasteiger charge is -2.11. The van der Waals surface area contributed by atoms with Crippen molar-refractivity contribution in [2.24, 2.45) is 5.92 Å². The van der Waals surface area contributed by atoms with Gasteiger partial charge in [0, 0.05) is 6.61 Å². The quantitative estimate of drug-likeness (QED) is 0.562. The molecule has 0 aliphatic rings. The van der Waals surface area contributed by atoms with E-state index in [0.29, 0.717) is 6.42 Å². The van der Waals surface area contributed by atoms with E-state index in [4.69, 9.17) is 10.2 Å². The van der Waals surface area contributed by atoms with E-state index in [2.05, 4.69) is 0 Å². The average molecular weight is 118 g/mol. The van der Waals surface area contributed by atoms with Crippen LogP contribution in [0.3, 0.4) is 0 Å². The van der Waals surface area contributed by atoms with Crippen molar-refractivity contribution < 1.29 is 10.2 Å². The fourth-order valence-corrected chi connectivity index (χ4v) is 0.445. The monoisotopic (exact) mass is 118 g/mol. The Morgan fingerprint density at radius 3 is 2.00 bits per heavy atom. The van der Waals surface area contributed by atoms with E-state index in [1.54, 1.807) is 6.92 Å². The molecule has 0 rings (SSSR count). The summed E-state index contributed by atoms with van der Waals surface area (Å²) in [5.74, 6) is 0.222. The van der Waals surface area contributed by atoms with Crippen LogP contribution in [0.1, 0.15) is 20.3 Å². The fourth-order valence-electron chi connectivity index (χ4n) is 0.445. The molecule has 0 saturated carbocycles. The Morgan fingerprint density at radius 2 is 1.88 bits per heavy atom. The Balaban J connectivity index is 3.17. The molecule has 0 fully saturated rings. The summed E-state index contributed by atoms with van der Waals surface area (Å²) in [6.45, 7) is 3.83. The summed E-state index contributed by atoms with van der Waals surface area (Å²) in [4.78, 5) is 0. The van der Waals surface area contributed by atoms with Gasteiger partial charge in [-0.1, -0.05) is 6.92 Å². The van der Waals surface area contributed by atoms with Gasteiger partial charge in [0.05, 0.1) is 6.10 Å². The molecule has 0 bridgehead atoms. The number of rotatable bonds is 3. The van der Waals surface area contributed by atoms with Crippen LogP contribution in [0, 0.1) is 5.92 Å². The maximum Gasteiger partial charge on any atom is 0.0538 e. The summed E-state index contributed by atoms with van der Waals surface area (Å²) in [5.41, 5.74) is 0. The second-order valence-electron chi connectivity index (χ2n) is 2.23. The Morgan fingerprint density at radius 1 is 1.38 bits per heavy atom. The lowest BCUT2D eigenvalue weighted by Crippen LogP contribution is -2.13. The van der Waals surface area contributed by atoms with Crippen LogP contribution in [0.25, 0.3) is 0 Å². The summed E-state index contributed by atoms with van der Waals surface area (Å²) in [7, 11) is 0. The summed E-state index contributed by atoms with van der Waals surface area (Å²) in [6.07, 6.45) is 0.402. The van der Waals surface area contributed by atoms with Gasteiger partial charge in [-0.05, 0) is 19.3 Å². The molecule has 2 N–H and O–H groups in total. The van der Waals surface area contributed by atoms with E-state index in [1.807, 2.05) is 6.92 Å². The van der Waals surface area contributed by atoms with E-state index < -0.39 is 0 Å². The molecule has 0 heterocycles. The zero-order chi connectivity index (χ0) is 6.57.